The van der Waals surface area contributed by atoms with Crippen LogP contribution in [0.1, 0.15) is 12.0 Å². The van der Waals surface area contributed by atoms with Gasteiger partial charge in [0.1, 0.15) is 13.1 Å². The second kappa shape index (κ2) is 5.51. The summed E-state index contributed by atoms with van der Waals surface area (Å²) < 4.78 is 0. The molecule has 1 aromatic rings. The fourth-order valence-corrected chi connectivity index (χ4v) is 1.97. The van der Waals surface area contributed by atoms with Crippen LogP contribution in [0.25, 0.3) is 0 Å². The molecule has 100 valence electrons. The Labute approximate surface area is 110 Å². The van der Waals surface area contributed by atoms with Gasteiger partial charge in [-0.25, -0.2) is 0 Å². The van der Waals surface area contributed by atoms with Crippen LogP contribution in [-0.4, -0.2) is 35.7 Å². The molecule has 19 heavy (non-hydrogen) atoms. The van der Waals surface area contributed by atoms with E-state index in [1.54, 1.807) is 12.1 Å². The molecule has 0 spiro atoms. The van der Waals surface area contributed by atoms with Gasteiger partial charge < -0.3 is 10.6 Å². The summed E-state index contributed by atoms with van der Waals surface area (Å²) >= 11 is 0. The van der Waals surface area contributed by atoms with Crippen LogP contribution in [0.3, 0.4) is 0 Å². The molecule has 0 unspecified atom stereocenters. The third kappa shape index (κ3) is 3.54. The van der Waals surface area contributed by atoms with Gasteiger partial charge in [-0.3, -0.25) is 19.7 Å². The zero-order valence-corrected chi connectivity index (χ0v) is 10.4. The molecule has 6 nitrogen and oxygen atoms in total. The van der Waals surface area contributed by atoms with E-state index >= 15 is 0 Å². The number of nitrogen functional groups attached to an aromatic ring is 1. The Balaban J connectivity index is 1.90. The van der Waals surface area contributed by atoms with Gasteiger partial charge in [0.2, 0.25) is 17.7 Å². The number of imide groups is 1. The van der Waals surface area contributed by atoms with Crippen molar-refractivity contribution in [2.75, 3.05) is 18.8 Å². The third-order valence-electron chi connectivity index (χ3n) is 2.88. The molecule has 0 aromatic heterocycles. The van der Waals surface area contributed by atoms with E-state index in [2.05, 4.69) is 5.32 Å². The molecule has 3 N–H and O–H groups in total. The standard InChI is InChI=1S/C13H15N3O3/c14-10-3-1-2-9(6-10)4-5-13(19)16-7-11(17)15-12(18)8-16/h1-3,6H,4-5,7-8,14H2,(H,15,17,18). The van der Waals surface area contributed by atoms with Crippen LogP contribution < -0.4 is 11.1 Å². The molecule has 2 rings (SSSR count). The molecule has 0 saturated carbocycles. The maximum Gasteiger partial charge on any atom is 0.246 e. The summed E-state index contributed by atoms with van der Waals surface area (Å²) in [6.45, 7) is -0.108. The minimum Gasteiger partial charge on any atom is -0.399 e. The molecule has 3 amide bonds. The lowest BCUT2D eigenvalue weighted by Crippen LogP contribution is -2.53. The Morgan fingerprint density at radius 1 is 1.26 bits per heavy atom. The summed E-state index contributed by atoms with van der Waals surface area (Å²) in [5.74, 6) is -1.08. The predicted octanol–water partition coefficient (Wildman–Crippen LogP) is -0.314. The van der Waals surface area contributed by atoms with Crippen molar-refractivity contribution >= 4 is 23.4 Å². The number of carbonyl (C=O) groups excluding carboxylic acids is 3. The summed E-state index contributed by atoms with van der Waals surface area (Å²) in [6.07, 6.45) is 0.792. The maximum atomic E-state index is 11.9. The highest BCUT2D eigenvalue weighted by molar-refractivity contribution is 6.02. The third-order valence-corrected chi connectivity index (χ3v) is 2.88. The van der Waals surface area contributed by atoms with Crippen LogP contribution in [0.15, 0.2) is 24.3 Å². The molecule has 1 aliphatic rings. The van der Waals surface area contributed by atoms with Gasteiger partial charge in [-0.1, -0.05) is 12.1 Å². The summed E-state index contributed by atoms with van der Waals surface area (Å²) in [6, 6.07) is 7.30. The highest BCUT2D eigenvalue weighted by Crippen LogP contribution is 2.10. The lowest BCUT2D eigenvalue weighted by Gasteiger charge is -2.25. The van der Waals surface area contributed by atoms with E-state index in [1.165, 1.54) is 4.90 Å². The first-order valence-electron chi connectivity index (χ1n) is 5.99. The van der Waals surface area contributed by atoms with Crippen LogP contribution in [0, 0.1) is 0 Å². The number of piperazine rings is 1. The van der Waals surface area contributed by atoms with Gasteiger partial charge in [0.15, 0.2) is 0 Å². The Kier molecular flexibility index (Phi) is 3.79. The van der Waals surface area contributed by atoms with E-state index in [9.17, 15) is 14.4 Å². The van der Waals surface area contributed by atoms with E-state index in [0.29, 0.717) is 12.1 Å². The van der Waals surface area contributed by atoms with Crippen molar-refractivity contribution in [1.82, 2.24) is 10.2 Å². The minimum absolute atomic E-state index is 0.0541. The normalized spacial score (nSPS) is 15.3. The fourth-order valence-electron chi connectivity index (χ4n) is 1.97. The molecule has 0 radical (unpaired) electrons. The second-order valence-electron chi connectivity index (χ2n) is 4.47. The van der Waals surface area contributed by atoms with Gasteiger partial charge in [-0.2, -0.15) is 0 Å². The number of nitrogens with zero attached hydrogens (tertiary/aromatic N) is 1. The van der Waals surface area contributed by atoms with Gasteiger partial charge in [-0.15, -0.1) is 0 Å². The van der Waals surface area contributed by atoms with Crippen molar-refractivity contribution in [1.29, 1.82) is 0 Å². The summed E-state index contributed by atoms with van der Waals surface area (Å²) in [4.78, 5) is 35.5. The number of anilines is 1. The van der Waals surface area contributed by atoms with Crippen molar-refractivity contribution in [3.63, 3.8) is 0 Å². The first kappa shape index (κ1) is 13.1. The first-order valence-corrected chi connectivity index (χ1v) is 5.99. The summed E-state index contributed by atoms with van der Waals surface area (Å²) in [7, 11) is 0. The number of rotatable bonds is 3. The molecule has 1 aliphatic heterocycles. The van der Waals surface area contributed by atoms with Crippen LogP contribution in [0.4, 0.5) is 5.69 Å². The van der Waals surface area contributed by atoms with E-state index in [4.69, 9.17) is 5.73 Å². The molecule has 0 atom stereocenters. The van der Waals surface area contributed by atoms with Gasteiger partial charge >= 0.3 is 0 Å². The average molecular weight is 261 g/mol. The zero-order chi connectivity index (χ0) is 13.8. The molecule has 1 aromatic carbocycles. The van der Waals surface area contributed by atoms with E-state index in [-0.39, 0.29) is 25.4 Å². The number of carbonyl (C=O) groups is 3. The number of hydrogen-bond donors (Lipinski definition) is 2. The van der Waals surface area contributed by atoms with E-state index < -0.39 is 11.8 Å². The number of benzene rings is 1. The van der Waals surface area contributed by atoms with Gasteiger partial charge in [0.05, 0.1) is 0 Å². The molecule has 0 aliphatic carbocycles. The number of nitrogens with one attached hydrogen (secondary N) is 1. The monoisotopic (exact) mass is 261 g/mol. The lowest BCUT2D eigenvalue weighted by atomic mass is 10.1. The fraction of sp³-hybridized carbons (Fsp3) is 0.308. The van der Waals surface area contributed by atoms with Crippen molar-refractivity contribution in [2.24, 2.45) is 0 Å². The first-order chi connectivity index (χ1) is 9.04. The van der Waals surface area contributed by atoms with Gasteiger partial charge in [0.25, 0.3) is 0 Å². The van der Waals surface area contributed by atoms with Crippen molar-refractivity contribution < 1.29 is 14.4 Å². The van der Waals surface area contributed by atoms with Crippen molar-refractivity contribution in [2.45, 2.75) is 12.8 Å². The summed E-state index contributed by atoms with van der Waals surface area (Å²) in [5, 5.41) is 2.16. The highest BCUT2D eigenvalue weighted by Gasteiger charge is 2.25. The molecule has 6 heteroatoms. The largest absolute Gasteiger partial charge is 0.399 e. The molecule has 1 heterocycles. The van der Waals surface area contributed by atoms with Crippen LogP contribution in [-0.2, 0) is 20.8 Å². The van der Waals surface area contributed by atoms with Crippen LogP contribution in [0.2, 0.25) is 0 Å². The molecule has 0 bridgehead atoms. The van der Waals surface area contributed by atoms with Crippen LogP contribution in [0.5, 0.6) is 0 Å². The van der Waals surface area contributed by atoms with Crippen LogP contribution >= 0.6 is 0 Å². The smallest absolute Gasteiger partial charge is 0.246 e. The van der Waals surface area contributed by atoms with E-state index in [0.717, 1.165) is 5.56 Å². The predicted molar refractivity (Wildman–Crippen MR) is 68.9 cm³/mol. The second-order valence-corrected chi connectivity index (χ2v) is 4.47. The van der Waals surface area contributed by atoms with Crippen molar-refractivity contribution in [3.8, 4) is 0 Å². The average Bonchev–Trinajstić information content (AvgIpc) is 2.35. The quantitative estimate of drug-likeness (QED) is 0.576. The zero-order valence-electron chi connectivity index (χ0n) is 10.4. The Morgan fingerprint density at radius 2 is 1.95 bits per heavy atom. The molecular formula is C13H15N3O3. The summed E-state index contributed by atoms with van der Waals surface area (Å²) in [5.41, 5.74) is 7.26. The highest BCUT2D eigenvalue weighted by atomic mass is 16.2. The van der Waals surface area contributed by atoms with Gasteiger partial charge in [0, 0.05) is 12.1 Å². The van der Waals surface area contributed by atoms with Gasteiger partial charge in [-0.05, 0) is 24.1 Å². The Bertz CT molecular complexity index is 512. The Hall–Kier alpha value is -2.37. The van der Waals surface area contributed by atoms with E-state index in [1.807, 2.05) is 12.1 Å². The minimum atomic E-state index is -0.437. The number of aryl methyl sites for hydroxylation is 1. The molecular weight excluding hydrogens is 246 g/mol. The number of nitrogens with two attached hydrogens (primary N) is 1. The number of hydrogen-bond acceptors (Lipinski definition) is 4. The SMILES string of the molecule is Nc1cccc(CCC(=O)N2CC(=O)NC(=O)C2)c1. The van der Waals surface area contributed by atoms with Crippen molar-refractivity contribution in [3.05, 3.63) is 29.8 Å². The maximum absolute atomic E-state index is 11.9. The topological polar surface area (TPSA) is 92.5 Å². The molecule has 1 saturated heterocycles. The number of amides is 3. The molecule has 1 fully saturated rings. The lowest BCUT2D eigenvalue weighted by molar-refractivity contribution is -0.145. The Morgan fingerprint density at radius 3 is 2.58 bits per heavy atom.